The van der Waals surface area contributed by atoms with E-state index >= 15 is 0 Å². The number of hydrogen-bond donors (Lipinski definition) is 2. The first-order valence-corrected chi connectivity index (χ1v) is 4.95. The van der Waals surface area contributed by atoms with E-state index in [1.807, 2.05) is 0 Å². The fourth-order valence-corrected chi connectivity index (χ4v) is 2.25. The van der Waals surface area contributed by atoms with E-state index in [1.54, 1.807) is 0 Å². The summed E-state index contributed by atoms with van der Waals surface area (Å²) in [6.07, 6.45) is 0. The fraction of sp³-hybridized carbons (Fsp3) is 0. The maximum absolute atomic E-state index is 10.7. The van der Waals surface area contributed by atoms with Crippen molar-refractivity contribution in [3.8, 4) is 5.75 Å². The molecule has 0 bridgehead atoms. The van der Waals surface area contributed by atoms with Gasteiger partial charge >= 0.3 is 5.97 Å². The van der Waals surface area contributed by atoms with Crippen LogP contribution >= 0.6 is 11.3 Å². The van der Waals surface area contributed by atoms with Crippen LogP contribution in [0.4, 0.5) is 5.69 Å². The van der Waals surface area contributed by atoms with Gasteiger partial charge in [-0.15, -0.1) is 11.3 Å². The number of nitro groups is 1. The molecule has 0 aliphatic carbocycles. The number of rotatable bonds is 2. The molecule has 0 unspecified atom stereocenters. The Hall–Kier alpha value is -2.15. The highest BCUT2D eigenvalue weighted by atomic mass is 32.1. The standard InChI is InChI=1S/C9H5NO5S/c11-7-5-3-4(10(14)15)1-2-6(5)16-8(7)9(12)13/h1-3,11H,(H,12,13). The molecule has 0 saturated carbocycles. The van der Waals surface area contributed by atoms with Crippen LogP contribution in [0.5, 0.6) is 5.75 Å². The Bertz CT molecular complexity index is 603. The van der Waals surface area contributed by atoms with E-state index in [1.165, 1.54) is 12.1 Å². The highest BCUT2D eigenvalue weighted by molar-refractivity contribution is 7.21. The molecular weight excluding hydrogens is 234 g/mol. The van der Waals surface area contributed by atoms with E-state index in [4.69, 9.17) is 5.11 Å². The number of carboxylic acids is 1. The van der Waals surface area contributed by atoms with Gasteiger partial charge in [-0.3, -0.25) is 10.1 Å². The number of aromatic hydroxyl groups is 1. The minimum Gasteiger partial charge on any atom is -0.505 e. The smallest absolute Gasteiger partial charge is 0.349 e. The minimum atomic E-state index is -1.25. The van der Waals surface area contributed by atoms with Crippen LogP contribution < -0.4 is 0 Å². The van der Waals surface area contributed by atoms with Gasteiger partial charge in [0, 0.05) is 22.2 Å². The molecule has 0 aliphatic rings. The van der Waals surface area contributed by atoms with Crippen molar-refractivity contribution in [2.24, 2.45) is 0 Å². The van der Waals surface area contributed by atoms with Crippen LogP contribution in [0.1, 0.15) is 9.67 Å². The molecule has 1 aromatic carbocycles. The van der Waals surface area contributed by atoms with E-state index in [-0.39, 0.29) is 16.0 Å². The zero-order valence-corrected chi connectivity index (χ0v) is 8.52. The molecule has 0 fully saturated rings. The zero-order chi connectivity index (χ0) is 11.9. The lowest BCUT2D eigenvalue weighted by Gasteiger charge is -1.92. The number of benzene rings is 1. The minimum absolute atomic E-state index is 0.183. The van der Waals surface area contributed by atoms with Gasteiger partial charge in [-0.2, -0.15) is 0 Å². The summed E-state index contributed by atoms with van der Waals surface area (Å²) in [6, 6.07) is 3.85. The Morgan fingerprint density at radius 1 is 1.44 bits per heavy atom. The van der Waals surface area contributed by atoms with E-state index in [0.29, 0.717) is 4.70 Å². The van der Waals surface area contributed by atoms with Gasteiger partial charge in [0.1, 0.15) is 5.75 Å². The monoisotopic (exact) mass is 239 g/mol. The normalized spacial score (nSPS) is 10.5. The van der Waals surface area contributed by atoms with Gasteiger partial charge in [0.2, 0.25) is 0 Å². The highest BCUT2D eigenvalue weighted by Crippen LogP contribution is 2.38. The highest BCUT2D eigenvalue weighted by Gasteiger charge is 2.19. The van der Waals surface area contributed by atoms with Gasteiger partial charge < -0.3 is 10.2 Å². The summed E-state index contributed by atoms with van der Waals surface area (Å²) in [5.41, 5.74) is -0.183. The van der Waals surface area contributed by atoms with Crippen LogP contribution in [0.3, 0.4) is 0 Å². The number of carbonyl (C=O) groups is 1. The van der Waals surface area contributed by atoms with Crippen LogP contribution in [0.25, 0.3) is 10.1 Å². The number of non-ortho nitro benzene ring substituents is 1. The summed E-state index contributed by atoms with van der Waals surface area (Å²) in [5, 5.41) is 29.0. The van der Waals surface area contributed by atoms with Gasteiger partial charge in [-0.05, 0) is 6.07 Å². The zero-order valence-electron chi connectivity index (χ0n) is 7.71. The first-order valence-electron chi connectivity index (χ1n) is 4.14. The number of nitro benzene ring substituents is 1. The van der Waals surface area contributed by atoms with E-state index in [2.05, 4.69) is 0 Å². The molecule has 0 saturated heterocycles. The van der Waals surface area contributed by atoms with E-state index in [9.17, 15) is 20.0 Å². The summed E-state index contributed by atoms with van der Waals surface area (Å²) < 4.78 is 0.500. The Kier molecular flexibility index (Phi) is 2.24. The summed E-state index contributed by atoms with van der Waals surface area (Å²) >= 11 is 0.880. The lowest BCUT2D eigenvalue weighted by atomic mass is 10.2. The molecule has 0 spiro atoms. The fourth-order valence-electron chi connectivity index (χ4n) is 1.33. The van der Waals surface area contributed by atoms with Crippen molar-refractivity contribution in [3.05, 3.63) is 33.2 Å². The predicted octanol–water partition coefficient (Wildman–Crippen LogP) is 2.21. The van der Waals surface area contributed by atoms with Gasteiger partial charge in [0.15, 0.2) is 4.88 Å². The van der Waals surface area contributed by atoms with Crippen LogP contribution in [-0.4, -0.2) is 21.1 Å². The van der Waals surface area contributed by atoms with Crippen molar-refractivity contribution in [2.75, 3.05) is 0 Å². The van der Waals surface area contributed by atoms with Crippen LogP contribution in [0.15, 0.2) is 18.2 Å². The van der Waals surface area contributed by atoms with E-state index < -0.39 is 16.6 Å². The third-order valence-corrected chi connectivity index (χ3v) is 3.20. The van der Waals surface area contributed by atoms with Gasteiger partial charge in [0.05, 0.1) is 4.92 Å². The van der Waals surface area contributed by atoms with Gasteiger partial charge in [-0.25, -0.2) is 4.79 Å². The lowest BCUT2D eigenvalue weighted by Crippen LogP contribution is -1.91. The van der Waals surface area contributed by atoms with Gasteiger partial charge in [-0.1, -0.05) is 0 Å². The van der Waals surface area contributed by atoms with Crippen LogP contribution in [-0.2, 0) is 0 Å². The first-order chi connectivity index (χ1) is 7.50. The van der Waals surface area contributed by atoms with Crippen molar-refractivity contribution in [2.45, 2.75) is 0 Å². The quantitative estimate of drug-likeness (QED) is 0.618. The van der Waals surface area contributed by atoms with Crippen molar-refractivity contribution in [1.29, 1.82) is 0 Å². The molecule has 2 aromatic rings. The Balaban J connectivity index is 2.73. The molecule has 1 aromatic heterocycles. The molecule has 0 atom stereocenters. The maximum Gasteiger partial charge on any atom is 0.349 e. The number of aromatic carboxylic acids is 1. The summed E-state index contributed by atoms with van der Waals surface area (Å²) in [4.78, 5) is 20.4. The SMILES string of the molecule is O=C(O)c1sc2ccc([N+](=O)[O-])cc2c1O. The van der Waals surface area contributed by atoms with Crippen LogP contribution in [0.2, 0.25) is 0 Å². The molecule has 6 nitrogen and oxygen atoms in total. The maximum atomic E-state index is 10.7. The third-order valence-electron chi connectivity index (χ3n) is 2.05. The Morgan fingerprint density at radius 2 is 2.12 bits per heavy atom. The number of thiophene rings is 1. The number of carboxylic acid groups (broad SMARTS) is 1. The molecule has 0 aliphatic heterocycles. The second-order valence-corrected chi connectivity index (χ2v) is 4.07. The second-order valence-electron chi connectivity index (χ2n) is 3.02. The van der Waals surface area contributed by atoms with Crippen molar-refractivity contribution in [3.63, 3.8) is 0 Å². The molecule has 0 radical (unpaired) electrons. The molecule has 2 rings (SSSR count). The average molecular weight is 239 g/mol. The van der Waals surface area contributed by atoms with Crippen molar-refractivity contribution < 1.29 is 19.9 Å². The molecule has 2 N–H and O–H groups in total. The lowest BCUT2D eigenvalue weighted by molar-refractivity contribution is -0.384. The first kappa shape index (κ1) is 10.4. The largest absolute Gasteiger partial charge is 0.505 e. The van der Waals surface area contributed by atoms with Gasteiger partial charge in [0.25, 0.3) is 5.69 Å². The summed E-state index contributed by atoms with van der Waals surface area (Å²) in [5.74, 6) is -1.67. The summed E-state index contributed by atoms with van der Waals surface area (Å²) in [7, 11) is 0. The third kappa shape index (κ3) is 1.47. The molecule has 16 heavy (non-hydrogen) atoms. The number of hydrogen-bond acceptors (Lipinski definition) is 5. The molecule has 82 valence electrons. The Labute approximate surface area is 92.5 Å². The second kappa shape index (κ2) is 3.46. The number of nitrogens with zero attached hydrogens (tertiary/aromatic N) is 1. The molecule has 0 amide bonds. The summed E-state index contributed by atoms with van der Waals surface area (Å²) in [6.45, 7) is 0. The molecular formula is C9H5NO5S. The topological polar surface area (TPSA) is 101 Å². The van der Waals surface area contributed by atoms with Crippen molar-refractivity contribution >= 4 is 33.1 Å². The number of fused-ring (bicyclic) bond motifs is 1. The van der Waals surface area contributed by atoms with Crippen LogP contribution in [0, 0.1) is 10.1 Å². The Morgan fingerprint density at radius 3 is 2.69 bits per heavy atom. The molecule has 7 heteroatoms. The van der Waals surface area contributed by atoms with E-state index in [0.717, 1.165) is 17.4 Å². The average Bonchev–Trinajstić information content (AvgIpc) is 2.56. The van der Waals surface area contributed by atoms with Crippen molar-refractivity contribution in [1.82, 2.24) is 0 Å². The molecule has 1 heterocycles. The predicted molar refractivity (Wildman–Crippen MR) is 57.1 cm³/mol.